The number of amides is 1. The summed E-state index contributed by atoms with van der Waals surface area (Å²) >= 11 is 0. The Labute approximate surface area is 146 Å². The highest BCUT2D eigenvalue weighted by Crippen LogP contribution is 2.36. The van der Waals surface area contributed by atoms with Crippen LogP contribution in [-0.4, -0.2) is 46.9 Å². The number of carbonyl (C=O) groups excluding carboxylic acids is 1. The summed E-state index contributed by atoms with van der Waals surface area (Å²) in [6.45, 7) is 2.85. The van der Waals surface area contributed by atoms with Crippen LogP contribution < -0.4 is 5.32 Å². The Kier molecular flexibility index (Phi) is 12.9. The third-order valence-corrected chi connectivity index (χ3v) is 4.29. The van der Waals surface area contributed by atoms with E-state index in [4.69, 9.17) is 9.79 Å². The highest BCUT2D eigenvalue weighted by atomic mass is 31.2. The lowest BCUT2D eigenvalue weighted by Crippen LogP contribution is -2.37. The molecule has 0 aliphatic rings. The van der Waals surface area contributed by atoms with E-state index in [-0.39, 0.29) is 5.96 Å². The lowest BCUT2D eigenvalue weighted by molar-refractivity contribution is 0.255. The second-order valence-electron chi connectivity index (χ2n) is 6.27. The summed E-state index contributed by atoms with van der Waals surface area (Å²) in [5.41, 5.74) is -1.42. The zero-order chi connectivity index (χ0) is 18.4. The molecule has 142 valence electrons. The lowest BCUT2D eigenvalue weighted by Gasteiger charge is -2.17. The van der Waals surface area contributed by atoms with Crippen LogP contribution in [-0.2, 0) is 4.57 Å². The Morgan fingerprint density at radius 3 is 1.83 bits per heavy atom. The summed E-state index contributed by atoms with van der Waals surface area (Å²) in [6, 6.07) is 0. The third-order valence-electron chi connectivity index (χ3n) is 3.69. The molecule has 0 radical (unpaired) electrons. The SMILES string of the molecule is CCCCCCCCCCCCN/C(=N\C(=O)P(=O)(O)O)N(C)C. The summed E-state index contributed by atoms with van der Waals surface area (Å²) in [7, 11) is -1.48. The van der Waals surface area contributed by atoms with Crippen LogP contribution in [0.1, 0.15) is 71.1 Å². The van der Waals surface area contributed by atoms with Crippen molar-refractivity contribution in [2.45, 2.75) is 71.1 Å². The van der Waals surface area contributed by atoms with Gasteiger partial charge in [-0.3, -0.25) is 4.79 Å². The van der Waals surface area contributed by atoms with Crippen molar-refractivity contribution in [1.82, 2.24) is 10.2 Å². The largest absolute Gasteiger partial charge is 0.415 e. The Balaban J connectivity index is 3.82. The molecule has 0 fully saturated rings. The molecule has 0 spiro atoms. The van der Waals surface area contributed by atoms with Gasteiger partial charge in [-0.15, -0.1) is 0 Å². The molecule has 1 amide bonds. The van der Waals surface area contributed by atoms with Gasteiger partial charge in [0.25, 0.3) is 0 Å². The van der Waals surface area contributed by atoms with Crippen LogP contribution in [0.5, 0.6) is 0 Å². The number of rotatable bonds is 12. The maximum absolute atomic E-state index is 11.3. The average molecular weight is 363 g/mol. The predicted octanol–water partition coefficient (Wildman–Crippen LogP) is 3.71. The van der Waals surface area contributed by atoms with Crippen LogP contribution in [0.15, 0.2) is 4.99 Å². The highest BCUT2D eigenvalue weighted by Gasteiger charge is 2.26. The lowest BCUT2D eigenvalue weighted by atomic mass is 10.1. The molecule has 0 aliphatic heterocycles. The van der Waals surface area contributed by atoms with Gasteiger partial charge >= 0.3 is 13.2 Å². The molecule has 24 heavy (non-hydrogen) atoms. The second-order valence-corrected chi connectivity index (χ2v) is 7.74. The first kappa shape index (κ1) is 23.1. The van der Waals surface area contributed by atoms with E-state index < -0.39 is 13.2 Å². The van der Waals surface area contributed by atoms with Crippen molar-refractivity contribution in [2.24, 2.45) is 4.99 Å². The number of carbonyl (C=O) groups is 1. The quantitative estimate of drug-likeness (QED) is 0.211. The number of hydrogen-bond donors (Lipinski definition) is 3. The molecular weight excluding hydrogens is 329 g/mol. The van der Waals surface area contributed by atoms with Crippen molar-refractivity contribution in [3.63, 3.8) is 0 Å². The molecule has 7 nitrogen and oxygen atoms in total. The summed E-state index contributed by atoms with van der Waals surface area (Å²) < 4.78 is 10.8. The van der Waals surface area contributed by atoms with Gasteiger partial charge in [0.05, 0.1) is 0 Å². The van der Waals surface area contributed by atoms with Gasteiger partial charge in [-0.1, -0.05) is 64.7 Å². The molecule has 0 aromatic heterocycles. The van der Waals surface area contributed by atoms with Gasteiger partial charge < -0.3 is 20.0 Å². The van der Waals surface area contributed by atoms with Crippen LogP contribution in [0.25, 0.3) is 0 Å². The van der Waals surface area contributed by atoms with E-state index in [1.807, 2.05) is 0 Å². The van der Waals surface area contributed by atoms with Crippen molar-refractivity contribution < 1.29 is 19.1 Å². The number of nitrogens with zero attached hydrogens (tertiary/aromatic N) is 2. The van der Waals surface area contributed by atoms with Gasteiger partial charge in [0.1, 0.15) is 0 Å². The zero-order valence-corrected chi connectivity index (χ0v) is 16.2. The minimum atomic E-state index is -4.81. The van der Waals surface area contributed by atoms with Gasteiger partial charge in [0.2, 0.25) is 5.96 Å². The van der Waals surface area contributed by atoms with Gasteiger partial charge in [-0.2, -0.15) is 4.99 Å². The molecule has 0 saturated heterocycles. The molecule has 0 atom stereocenters. The monoisotopic (exact) mass is 363 g/mol. The van der Waals surface area contributed by atoms with Crippen molar-refractivity contribution in [1.29, 1.82) is 0 Å². The molecule has 0 heterocycles. The third kappa shape index (κ3) is 12.5. The highest BCUT2D eigenvalue weighted by molar-refractivity contribution is 7.70. The van der Waals surface area contributed by atoms with Gasteiger partial charge in [-0.05, 0) is 6.42 Å². The molecular formula is C16H34N3O4P. The van der Waals surface area contributed by atoms with Crippen molar-refractivity contribution >= 4 is 19.2 Å². The second kappa shape index (κ2) is 13.4. The van der Waals surface area contributed by atoms with Crippen LogP contribution >= 0.6 is 7.60 Å². The van der Waals surface area contributed by atoms with E-state index >= 15 is 0 Å². The number of unbranched alkanes of at least 4 members (excludes halogenated alkanes) is 9. The van der Waals surface area contributed by atoms with Gasteiger partial charge in [-0.25, -0.2) is 4.57 Å². The Bertz CT molecular complexity index is 422. The number of nitrogens with one attached hydrogen (secondary N) is 1. The fraction of sp³-hybridized carbons (Fsp3) is 0.875. The van der Waals surface area contributed by atoms with Gasteiger partial charge in [0.15, 0.2) is 0 Å². The van der Waals surface area contributed by atoms with Crippen LogP contribution in [0.2, 0.25) is 0 Å². The Morgan fingerprint density at radius 2 is 1.42 bits per heavy atom. The molecule has 0 rings (SSSR count). The maximum atomic E-state index is 11.3. The first-order chi connectivity index (χ1) is 11.3. The van der Waals surface area contributed by atoms with Crippen LogP contribution in [0, 0.1) is 0 Å². The molecule has 0 aromatic carbocycles. The Morgan fingerprint density at radius 1 is 0.958 bits per heavy atom. The zero-order valence-electron chi connectivity index (χ0n) is 15.3. The molecule has 3 N–H and O–H groups in total. The van der Waals surface area contributed by atoms with Crippen LogP contribution in [0.3, 0.4) is 0 Å². The fourth-order valence-corrected chi connectivity index (χ4v) is 2.49. The van der Waals surface area contributed by atoms with E-state index in [1.165, 1.54) is 56.3 Å². The fourth-order valence-electron chi connectivity index (χ4n) is 2.27. The number of hydrogen-bond acceptors (Lipinski definition) is 2. The minimum Gasteiger partial charge on any atom is -0.356 e. The van der Waals surface area contributed by atoms with Crippen molar-refractivity contribution in [3.8, 4) is 0 Å². The predicted molar refractivity (Wildman–Crippen MR) is 98.4 cm³/mol. The van der Waals surface area contributed by atoms with Crippen LogP contribution in [0.4, 0.5) is 4.79 Å². The summed E-state index contributed by atoms with van der Waals surface area (Å²) in [6.07, 6.45) is 12.4. The molecule has 0 saturated carbocycles. The average Bonchev–Trinajstić information content (AvgIpc) is 2.50. The van der Waals surface area contributed by atoms with E-state index in [2.05, 4.69) is 17.2 Å². The van der Waals surface area contributed by atoms with E-state index in [0.29, 0.717) is 6.54 Å². The molecule has 0 aromatic rings. The van der Waals surface area contributed by atoms with Crippen molar-refractivity contribution in [2.75, 3.05) is 20.6 Å². The topological polar surface area (TPSA) is 102 Å². The Hall–Kier alpha value is -0.910. The normalized spacial score (nSPS) is 12.3. The van der Waals surface area contributed by atoms with E-state index in [0.717, 1.165) is 12.8 Å². The number of aliphatic imine (C=N–C) groups is 1. The molecule has 0 unspecified atom stereocenters. The van der Waals surface area contributed by atoms with E-state index in [1.54, 1.807) is 14.1 Å². The molecule has 0 aliphatic carbocycles. The number of guanidine groups is 1. The standard InChI is InChI=1S/C16H34N3O4P/c1-4-5-6-7-8-9-10-11-12-13-14-17-15(19(2)3)18-16(20)24(21,22)23/h4-14H2,1-3H3,(H,17,18,20)(H2,21,22,23). The maximum Gasteiger partial charge on any atom is 0.415 e. The minimum absolute atomic E-state index is 0.180. The van der Waals surface area contributed by atoms with E-state index in [9.17, 15) is 9.36 Å². The van der Waals surface area contributed by atoms with Gasteiger partial charge in [0, 0.05) is 20.6 Å². The first-order valence-electron chi connectivity index (χ1n) is 8.89. The molecule has 0 bridgehead atoms. The first-order valence-corrected chi connectivity index (χ1v) is 10.5. The van der Waals surface area contributed by atoms with Crippen molar-refractivity contribution in [3.05, 3.63) is 0 Å². The summed E-state index contributed by atoms with van der Waals surface area (Å²) in [5.74, 6) is 0.180. The summed E-state index contributed by atoms with van der Waals surface area (Å²) in [4.78, 5) is 33.8. The molecule has 8 heteroatoms. The smallest absolute Gasteiger partial charge is 0.356 e. The summed E-state index contributed by atoms with van der Waals surface area (Å²) in [5, 5.41) is 2.96.